The molecule has 23 heavy (non-hydrogen) atoms. The van der Waals surface area contributed by atoms with Crippen molar-refractivity contribution in [3.05, 3.63) is 58.9 Å². The van der Waals surface area contributed by atoms with E-state index in [-0.39, 0.29) is 17.3 Å². The average molecular weight is 313 g/mol. The van der Waals surface area contributed by atoms with Crippen molar-refractivity contribution in [1.29, 1.82) is 0 Å². The molecule has 0 aromatic heterocycles. The zero-order valence-electron chi connectivity index (χ0n) is 13.5. The highest BCUT2D eigenvalue weighted by Crippen LogP contribution is 2.46. The Morgan fingerprint density at radius 1 is 1.26 bits per heavy atom. The van der Waals surface area contributed by atoms with Gasteiger partial charge in [-0.05, 0) is 47.1 Å². The number of nitrogens with one attached hydrogen (secondary N) is 1. The maximum Gasteiger partial charge on any atom is 0.405 e. The lowest BCUT2D eigenvalue weighted by molar-refractivity contribution is 0.175. The third-order valence-corrected chi connectivity index (χ3v) is 4.58. The van der Waals surface area contributed by atoms with Crippen LogP contribution < -0.4 is 5.32 Å². The summed E-state index contributed by atoms with van der Waals surface area (Å²) in [5, 5.41) is 11.7. The Labute approximate surface area is 135 Å². The van der Waals surface area contributed by atoms with Crippen LogP contribution >= 0.6 is 0 Å². The first-order valence-corrected chi connectivity index (χ1v) is 7.67. The number of fused-ring (bicyclic) bond motifs is 1. The van der Waals surface area contributed by atoms with Gasteiger partial charge in [0.1, 0.15) is 5.82 Å². The number of hydrogen-bond acceptors (Lipinski definition) is 1. The van der Waals surface area contributed by atoms with Gasteiger partial charge in [0.15, 0.2) is 0 Å². The lowest BCUT2D eigenvalue weighted by atomic mass is 9.85. The lowest BCUT2D eigenvalue weighted by Gasteiger charge is -2.27. The van der Waals surface area contributed by atoms with Crippen molar-refractivity contribution in [2.75, 3.05) is 0 Å². The molecule has 2 aromatic carbocycles. The fourth-order valence-electron chi connectivity index (χ4n) is 3.47. The van der Waals surface area contributed by atoms with Crippen LogP contribution in [0.2, 0.25) is 0 Å². The van der Waals surface area contributed by atoms with Gasteiger partial charge in [0.25, 0.3) is 0 Å². The SMILES string of the molecule is Cc1ccc(-c2ccc3c(c2)CC(C)(C)C3NC(=O)O)c(F)c1. The molecule has 1 atom stereocenters. The zero-order chi connectivity index (χ0) is 16.8. The Morgan fingerprint density at radius 3 is 2.65 bits per heavy atom. The summed E-state index contributed by atoms with van der Waals surface area (Å²) < 4.78 is 14.2. The largest absolute Gasteiger partial charge is 0.465 e. The zero-order valence-corrected chi connectivity index (χ0v) is 13.5. The second kappa shape index (κ2) is 5.37. The highest BCUT2D eigenvalue weighted by atomic mass is 19.1. The number of aryl methyl sites for hydroxylation is 1. The Morgan fingerprint density at radius 2 is 2.00 bits per heavy atom. The molecular weight excluding hydrogens is 293 g/mol. The molecule has 1 amide bonds. The topological polar surface area (TPSA) is 49.3 Å². The van der Waals surface area contributed by atoms with E-state index >= 15 is 0 Å². The van der Waals surface area contributed by atoms with E-state index in [0.717, 1.165) is 28.7 Å². The fraction of sp³-hybridized carbons (Fsp3) is 0.316. The van der Waals surface area contributed by atoms with Crippen LogP contribution in [0.1, 0.15) is 36.6 Å². The third-order valence-electron chi connectivity index (χ3n) is 4.58. The van der Waals surface area contributed by atoms with Crippen LogP contribution in [-0.4, -0.2) is 11.2 Å². The van der Waals surface area contributed by atoms with Gasteiger partial charge in [0.2, 0.25) is 0 Å². The molecule has 120 valence electrons. The molecule has 0 heterocycles. The quantitative estimate of drug-likeness (QED) is 0.845. The molecule has 0 bridgehead atoms. The van der Waals surface area contributed by atoms with Crippen molar-refractivity contribution in [3.8, 4) is 11.1 Å². The summed E-state index contributed by atoms with van der Waals surface area (Å²) in [6, 6.07) is 10.7. The summed E-state index contributed by atoms with van der Waals surface area (Å²) in [5.74, 6) is -0.234. The molecule has 0 radical (unpaired) electrons. The van der Waals surface area contributed by atoms with Gasteiger partial charge in [-0.2, -0.15) is 0 Å². The fourth-order valence-corrected chi connectivity index (χ4v) is 3.47. The van der Waals surface area contributed by atoms with Gasteiger partial charge in [0.05, 0.1) is 6.04 Å². The summed E-state index contributed by atoms with van der Waals surface area (Å²) in [4.78, 5) is 11.1. The minimum atomic E-state index is -1.02. The second-order valence-electron chi connectivity index (χ2n) is 6.94. The van der Waals surface area contributed by atoms with Crippen LogP contribution in [-0.2, 0) is 6.42 Å². The molecule has 2 aromatic rings. The molecule has 1 aliphatic carbocycles. The predicted molar refractivity (Wildman–Crippen MR) is 88.0 cm³/mol. The number of benzene rings is 2. The molecule has 1 unspecified atom stereocenters. The standard InChI is InChI=1S/C19H20FNO2/c1-11-4-6-14(16(20)8-11)12-5-7-15-13(9-12)10-19(2,3)17(15)21-18(22)23/h4-9,17,21H,10H2,1-3H3,(H,22,23). The molecule has 4 heteroatoms. The van der Waals surface area contributed by atoms with Crippen LogP contribution in [0.4, 0.5) is 9.18 Å². The van der Waals surface area contributed by atoms with Gasteiger partial charge in [-0.25, -0.2) is 9.18 Å². The number of halogens is 1. The van der Waals surface area contributed by atoms with Crippen LogP contribution in [0.25, 0.3) is 11.1 Å². The highest BCUT2D eigenvalue weighted by molar-refractivity contribution is 5.69. The summed E-state index contributed by atoms with van der Waals surface area (Å²) in [7, 11) is 0. The molecule has 0 saturated heterocycles. The molecule has 0 fully saturated rings. The van der Waals surface area contributed by atoms with Crippen molar-refractivity contribution in [2.24, 2.45) is 5.41 Å². The van der Waals surface area contributed by atoms with Crippen molar-refractivity contribution < 1.29 is 14.3 Å². The molecule has 0 spiro atoms. The monoisotopic (exact) mass is 313 g/mol. The van der Waals surface area contributed by atoms with E-state index in [1.807, 2.05) is 45.0 Å². The first-order chi connectivity index (χ1) is 10.8. The Bertz CT molecular complexity index is 783. The predicted octanol–water partition coefficient (Wildman–Crippen LogP) is 4.69. The normalized spacial score (nSPS) is 18.5. The van der Waals surface area contributed by atoms with Crippen molar-refractivity contribution in [1.82, 2.24) is 5.32 Å². The minimum absolute atomic E-state index is 0.203. The van der Waals surface area contributed by atoms with Gasteiger partial charge in [-0.3, -0.25) is 0 Å². The van der Waals surface area contributed by atoms with Crippen molar-refractivity contribution in [3.63, 3.8) is 0 Å². The molecule has 0 aliphatic heterocycles. The summed E-state index contributed by atoms with van der Waals surface area (Å²) in [5.41, 5.74) is 4.14. The van der Waals surface area contributed by atoms with Gasteiger partial charge in [0, 0.05) is 5.56 Å². The van der Waals surface area contributed by atoms with E-state index in [2.05, 4.69) is 5.32 Å². The van der Waals surface area contributed by atoms with E-state index < -0.39 is 6.09 Å². The lowest BCUT2D eigenvalue weighted by Crippen LogP contribution is -2.34. The first kappa shape index (κ1) is 15.5. The number of amides is 1. The molecule has 1 aliphatic rings. The smallest absolute Gasteiger partial charge is 0.405 e. The van der Waals surface area contributed by atoms with Crippen LogP contribution in [0, 0.1) is 18.2 Å². The number of rotatable bonds is 2. The summed E-state index contributed by atoms with van der Waals surface area (Å²) >= 11 is 0. The summed E-state index contributed by atoms with van der Waals surface area (Å²) in [6.45, 7) is 5.94. The van der Waals surface area contributed by atoms with Crippen molar-refractivity contribution in [2.45, 2.75) is 33.2 Å². The molecule has 3 rings (SSSR count). The van der Waals surface area contributed by atoms with Gasteiger partial charge >= 0.3 is 6.09 Å². The van der Waals surface area contributed by atoms with Gasteiger partial charge < -0.3 is 10.4 Å². The summed E-state index contributed by atoms with van der Waals surface area (Å²) in [6.07, 6.45) is -0.265. The van der Waals surface area contributed by atoms with Crippen molar-refractivity contribution >= 4 is 6.09 Å². The van der Waals surface area contributed by atoms with E-state index in [1.165, 1.54) is 6.07 Å². The maximum atomic E-state index is 14.2. The minimum Gasteiger partial charge on any atom is -0.465 e. The Balaban J connectivity index is 2.03. The maximum absolute atomic E-state index is 14.2. The average Bonchev–Trinajstić information content (AvgIpc) is 2.68. The van der Waals surface area contributed by atoms with Crippen LogP contribution in [0.15, 0.2) is 36.4 Å². The van der Waals surface area contributed by atoms with E-state index in [4.69, 9.17) is 5.11 Å². The van der Waals surface area contributed by atoms with E-state index in [0.29, 0.717) is 5.56 Å². The molecule has 0 saturated carbocycles. The van der Waals surface area contributed by atoms with Gasteiger partial charge in [-0.15, -0.1) is 0 Å². The Kier molecular flexibility index (Phi) is 3.63. The molecule has 3 nitrogen and oxygen atoms in total. The highest BCUT2D eigenvalue weighted by Gasteiger charge is 2.40. The first-order valence-electron chi connectivity index (χ1n) is 7.67. The second-order valence-corrected chi connectivity index (χ2v) is 6.94. The van der Waals surface area contributed by atoms with Crippen LogP contribution in [0.3, 0.4) is 0 Å². The Hall–Kier alpha value is -2.36. The number of carbonyl (C=O) groups is 1. The van der Waals surface area contributed by atoms with E-state index in [9.17, 15) is 9.18 Å². The number of carboxylic acid groups (broad SMARTS) is 1. The third kappa shape index (κ3) is 2.81. The molecule has 2 N–H and O–H groups in total. The molecular formula is C19H20FNO2. The van der Waals surface area contributed by atoms with E-state index in [1.54, 1.807) is 6.07 Å². The number of hydrogen-bond donors (Lipinski definition) is 2. The van der Waals surface area contributed by atoms with Crippen LogP contribution in [0.5, 0.6) is 0 Å². The van der Waals surface area contributed by atoms with Gasteiger partial charge in [-0.1, -0.05) is 44.2 Å².